The van der Waals surface area contributed by atoms with Crippen molar-refractivity contribution in [3.8, 4) is 5.75 Å². The van der Waals surface area contributed by atoms with Gasteiger partial charge in [0.1, 0.15) is 11.5 Å². The zero-order valence-corrected chi connectivity index (χ0v) is 17.9. The normalized spacial score (nSPS) is 18.3. The molecule has 6 nitrogen and oxygen atoms in total. The molecule has 158 valence electrons. The topological polar surface area (TPSA) is 71.3 Å². The van der Waals surface area contributed by atoms with Gasteiger partial charge in [-0.15, -0.1) is 0 Å². The minimum Gasteiger partial charge on any atom is -0.507 e. The molecule has 1 fully saturated rings. The predicted molar refractivity (Wildman–Crippen MR) is 115 cm³/mol. The number of nitrogens with one attached hydrogen (secondary N) is 1. The molecule has 0 radical (unpaired) electrons. The summed E-state index contributed by atoms with van der Waals surface area (Å²) in [6.45, 7) is 5.51. The molecule has 0 unspecified atom stereocenters. The molecule has 2 N–H and O–H groups in total. The lowest BCUT2D eigenvalue weighted by molar-refractivity contribution is -0.857. The molecule has 1 aliphatic heterocycles. The van der Waals surface area contributed by atoms with Gasteiger partial charge in [-0.25, -0.2) is 0 Å². The molecule has 0 bridgehead atoms. The molecule has 1 amide bonds. The summed E-state index contributed by atoms with van der Waals surface area (Å²) in [5.41, 5.74) is 2.46. The van der Waals surface area contributed by atoms with E-state index in [1.807, 2.05) is 64.3 Å². The third kappa shape index (κ3) is 4.39. The van der Waals surface area contributed by atoms with Crippen LogP contribution in [0.25, 0.3) is 5.76 Å². The van der Waals surface area contributed by atoms with Crippen LogP contribution in [0.1, 0.15) is 29.7 Å². The monoisotopic (exact) mass is 409 g/mol. The minimum atomic E-state index is -0.652. The van der Waals surface area contributed by atoms with Crippen molar-refractivity contribution in [3.63, 3.8) is 0 Å². The smallest absolute Gasteiger partial charge is 0.295 e. The highest BCUT2D eigenvalue weighted by Gasteiger charge is 2.46. The molecule has 0 saturated carbocycles. The molecule has 1 saturated heterocycles. The fourth-order valence-electron chi connectivity index (χ4n) is 3.58. The molecule has 1 aliphatic rings. The van der Waals surface area contributed by atoms with Crippen LogP contribution in [-0.4, -0.2) is 55.5 Å². The molecule has 3 rings (SSSR count). The second-order valence-electron chi connectivity index (χ2n) is 7.82. The van der Waals surface area contributed by atoms with Crippen molar-refractivity contribution in [1.82, 2.24) is 4.90 Å². The zero-order chi connectivity index (χ0) is 21.8. The third-order valence-corrected chi connectivity index (χ3v) is 5.22. The number of nitrogens with zero attached hydrogens (tertiary/aromatic N) is 1. The largest absolute Gasteiger partial charge is 0.507 e. The first kappa shape index (κ1) is 21.6. The number of likely N-dealkylation sites (tertiary alicyclic amines) is 1. The van der Waals surface area contributed by atoms with Crippen LogP contribution in [0.3, 0.4) is 0 Å². The maximum Gasteiger partial charge on any atom is 0.295 e. The first-order valence-corrected chi connectivity index (χ1v) is 10.2. The number of aliphatic hydroxyl groups excluding tert-OH is 1. The van der Waals surface area contributed by atoms with Crippen LogP contribution in [0.15, 0.2) is 54.1 Å². The van der Waals surface area contributed by atoms with Crippen LogP contribution < -0.4 is 9.64 Å². The van der Waals surface area contributed by atoms with E-state index in [1.165, 1.54) is 4.90 Å². The number of hydrogen-bond acceptors (Lipinski definition) is 4. The Labute approximate surface area is 177 Å². The van der Waals surface area contributed by atoms with Gasteiger partial charge in [0.25, 0.3) is 11.7 Å². The van der Waals surface area contributed by atoms with Gasteiger partial charge in [0, 0.05) is 5.56 Å². The molecular formula is C24H29N2O4+. The van der Waals surface area contributed by atoms with Crippen LogP contribution >= 0.6 is 0 Å². The Balaban J connectivity index is 2.10. The Kier molecular flexibility index (Phi) is 6.57. The van der Waals surface area contributed by atoms with Crippen molar-refractivity contribution in [2.45, 2.75) is 19.9 Å². The molecule has 0 aromatic heterocycles. The number of carbonyl (C=O) groups is 2. The van der Waals surface area contributed by atoms with E-state index in [0.717, 1.165) is 16.9 Å². The van der Waals surface area contributed by atoms with Crippen molar-refractivity contribution in [2.24, 2.45) is 0 Å². The van der Waals surface area contributed by atoms with Gasteiger partial charge >= 0.3 is 0 Å². The lowest BCUT2D eigenvalue weighted by Crippen LogP contribution is -3.06. The summed E-state index contributed by atoms with van der Waals surface area (Å²) in [6, 6.07) is 14.0. The highest BCUT2D eigenvalue weighted by molar-refractivity contribution is 6.46. The highest BCUT2D eigenvalue weighted by atomic mass is 16.5. The van der Waals surface area contributed by atoms with E-state index < -0.39 is 17.7 Å². The van der Waals surface area contributed by atoms with Crippen LogP contribution in [0.5, 0.6) is 5.75 Å². The quantitative estimate of drug-likeness (QED) is 0.417. The van der Waals surface area contributed by atoms with Crippen LogP contribution in [0.4, 0.5) is 0 Å². The summed E-state index contributed by atoms with van der Waals surface area (Å²) in [6.07, 6.45) is 0. The lowest BCUT2D eigenvalue weighted by atomic mass is 9.95. The first-order valence-electron chi connectivity index (χ1n) is 10.2. The summed E-state index contributed by atoms with van der Waals surface area (Å²) in [5, 5.41) is 11.0. The van der Waals surface area contributed by atoms with E-state index in [2.05, 4.69) is 0 Å². The number of ether oxygens (including phenoxy) is 1. The number of benzene rings is 2. The Morgan fingerprint density at radius 1 is 1.07 bits per heavy atom. The van der Waals surface area contributed by atoms with E-state index in [-0.39, 0.29) is 11.3 Å². The van der Waals surface area contributed by atoms with Crippen molar-refractivity contribution < 1.29 is 24.3 Å². The van der Waals surface area contributed by atoms with Gasteiger partial charge in [-0.05, 0) is 31.5 Å². The van der Waals surface area contributed by atoms with Crippen molar-refractivity contribution in [2.75, 3.05) is 33.8 Å². The zero-order valence-electron chi connectivity index (χ0n) is 17.9. The summed E-state index contributed by atoms with van der Waals surface area (Å²) in [4.78, 5) is 28.6. The molecular weight excluding hydrogens is 380 g/mol. The van der Waals surface area contributed by atoms with Crippen molar-refractivity contribution in [3.05, 3.63) is 70.8 Å². The predicted octanol–water partition coefficient (Wildman–Crippen LogP) is 1.96. The summed E-state index contributed by atoms with van der Waals surface area (Å²) >= 11 is 0. The Morgan fingerprint density at radius 2 is 1.70 bits per heavy atom. The number of likely N-dealkylation sites (N-methyl/N-ethyl adjacent to an activating group) is 1. The molecule has 2 aromatic carbocycles. The standard InChI is InChI=1S/C24H28N2O4/c1-5-30-19-12-10-17(11-13-19)21-20(22(27)18-8-6-16(2)7-9-18)23(28)24(29)26(21)15-14-25(3)4/h6-13,21,27H,5,14-15H2,1-4H3/p+1/t21-/m1/s1. The van der Waals surface area contributed by atoms with E-state index in [0.29, 0.717) is 25.3 Å². The second-order valence-corrected chi connectivity index (χ2v) is 7.82. The van der Waals surface area contributed by atoms with Gasteiger partial charge in [-0.1, -0.05) is 42.0 Å². The van der Waals surface area contributed by atoms with Gasteiger partial charge in [-0.3, -0.25) is 9.59 Å². The van der Waals surface area contributed by atoms with E-state index >= 15 is 0 Å². The van der Waals surface area contributed by atoms with Gasteiger partial charge in [0.15, 0.2) is 0 Å². The van der Waals surface area contributed by atoms with Crippen LogP contribution in [0.2, 0.25) is 0 Å². The summed E-state index contributed by atoms with van der Waals surface area (Å²) in [5.74, 6) is -0.661. The molecule has 1 heterocycles. The average Bonchev–Trinajstić information content (AvgIpc) is 2.98. The number of Topliss-reactive ketones (excluding diaryl/α,β-unsaturated/α-hetero) is 1. The number of carbonyl (C=O) groups excluding carboxylic acids is 2. The minimum absolute atomic E-state index is 0.127. The maximum absolute atomic E-state index is 13.0. The summed E-state index contributed by atoms with van der Waals surface area (Å²) in [7, 11) is 3.99. The second kappa shape index (κ2) is 9.13. The molecule has 2 aromatic rings. The molecule has 0 aliphatic carbocycles. The number of hydrogen-bond donors (Lipinski definition) is 2. The fourth-order valence-corrected chi connectivity index (χ4v) is 3.58. The summed E-state index contributed by atoms with van der Waals surface area (Å²) < 4.78 is 5.51. The highest BCUT2D eigenvalue weighted by Crippen LogP contribution is 2.39. The molecule has 30 heavy (non-hydrogen) atoms. The Bertz CT molecular complexity index is 946. The lowest BCUT2D eigenvalue weighted by Gasteiger charge is -2.25. The molecule has 0 spiro atoms. The number of aliphatic hydroxyl groups is 1. The number of ketones is 1. The van der Waals surface area contributed by atoms with Gasteiger partial charge < -0.3 is 19.6 Å². The van der Waals surface area contributed by atoms with Crippen molar-refractivity contribution >= 4 is 17.4 Å². The van der Waals surface area contributed by atoms with E-state index in [4.69, 9.17) is 4.74 Å². The molecule has 1 atom stereocenters. The maximum atomic E-state index is 13.0. The molecule has 6 heteroatoms. The van der Waals surface area contributed by atoms with Gasteiger partial charge in [0.2, 0.25) is 0 Å². The van der Waals surface area contributed by atoms with Crippen molar-refractivity contribution in [1.29, 1.82) is 0 Å². The Hall–Kier alpha value is -3.12. The average molecular weight is 410 g/mol. The third-order valence-electron chi connectivity index (χ3n) is 5.22. The van der Waals surface area contributed by atoms with Crippen LogP contribution in [0, 0.1) is 6.92 Å². The first-order chi connectivity index (χ1) is 14.3. The number of rotatable bonds is 7. The number of aryl methyl sites for hydroxylation is 1. The fraction of sp³-hybridized carbons (Fsp3) is 0.333. The number of amides is 1. The Morgan fingerprint density at radius 3 is 2.27 bits per heavy atom. The van der Waals surface area contributed by atoms with Gasteiger partial charge in [-0.2, -0.15) is 0 Å². The van der Waals surface area contributed by atoms with Gasteiger partial charge in [0.05, 0.1) is 45.4 Å². The number of quaternary nitrogens is 1. The van der Waals surface area contributed by atoms with Crippen LogP contribution in [-0.2, 0) is 9.59 Å². The SMILES string of the molecule is CCOc1ccc([C@@H]2C(=C(O)c3ccc(C)cc3)C(=O)C(=O)N2CC[NH+](C)C)cc1. The van der Waals surface area contributed by atoms with E-state index in [9.17, 15) is 14.7 Å². The van der Waals surface area contributed by atoms with E-state index in [1.54, 1.807) is 17.0 Å².